The molecule has 3 aromatic carbocycles. The van der Waals surface area contributed by atoms with Crippen molar-refractivity contribution in [1.29, 1.82) is 0 Å². The third kappa shape index (κ3) is 7.47. The van der Waals surface area contributed by atoms with Crippen LogP contribution < -0.4 is 0 Å². The lowest BCUT2D eigenvalue weighted by Gasteiger charge is -2.00. The van der Waals surface area contributed by atoms with Crippen molar-refractivity contribution in [2.45, 2.75) is 23.9 Å². The number of thioether (sulfide) groups is 1. The summed E-state index contributed by atoms with van der Waals surface area (Å²) in [5.41, 5.74) is 6.16. The minimum absolute atomic E-state index is 0.167. The monoisotopic (exact) mass is 470 g/mol. The minimum Gasteiger partial charge on any atom is -0.126 e. The Bertz CT molecular complexity index is 1360. The van der Waals surface area contributed by atoms with Gasteiger partial charge in [0.2, 0.25) is 0 Å². The predicted octanol–water partition coefficient (Wildman–Crippen LogP) is 6.45. The molecule has 0 atom stereocenters. The van der Waals surface area contributed by atoms with Gasteiger partial charge < -0.3 is 0 Å². The summed E-state index contributed by atoms with van der Waals surface area (Å²) in [6.45, 7) is 2.36. The largest absolute Gasteiger partial charge is 0.126 e. The maximum absolute atomic E-state index is 3.26. The van der Waals surface area contributed by atoms with Gasteiger partial charge >= 0.3 is 0 Å². The van der Waals surface area contributed by atoms with E-state index in [9.17, 15) is 0 Å². The molecule has 2 heteroatoms. The van der Waals surface area contributed by atoms with Gasteiger partial charge in [-0.25, -0.2) is 0 Å². The van der Waals surface area contributed by atoms with Crippen LogP contribution in [0, 0.1) is 35.5 Å². The number of hydrogen-bond donors (Lipinski definition) is 0. The van der Waals surface area contributed by atoms with Crippen LogP contribution in [0.4, 0.5) is 0 Å². The van der Waals surface area contributed by atoms with E-state index in [0.717, 1.165) is 39.8 Å². The first-order chi connectivity index (χ1) is 16.8. The fraction of sp³-hybridized carbons (Fsp3) is 0.125. The quantitative estimate of drug-likeness (QED) is 0.183. The average Bonchev–Trinajstić information content (AvgIpc) is 3.41. The van der Waals surface area contributed by atoms with Crippen LogP contribution in [-0.2, 0) is 0 Å². The van der Waals surface area contributed by atoms with Gasteiger partial charge in [0.15, 0.2) is 0 Å². The van der Waals surface area contributed by atoms with Gasteiger partial charge in [0.1, 0.15) is 0 Å². The summed E-state index contributed by atoms with van der Waals surface area (Å²) in [6, 6.07) is 26.2. The summed E-state index contributed by atoms with van der Waals surface area (Å²) < 4.78 is 0. The second-order valence-corrected chi connectivity index (χ2v) is 10.8. The highest BCUT2D eigenvalue weighted by Crippen LogP contribution is 2.19. The topological polar surface area (TPSA) is 0 Å². The summed E-state index contributed by atoms with van der Waals surface area (Å²) in [6.07, 6.45) is 7.18. The first kappa shape index (κ1) is 23.5. The van der Waals surface area contributed by atoms with Crippen LogP contribution >= 0.6 is 11.8 Å². The van der Waals surface area contributed by atoms with Crippen molar-refractivity contribution in [2.24, 2.45) is 0 Å². The van der Waals surface area contributed by atoms with Crippen molar-refractivity contribution >= 4 is 21.3 Å². The molecule has 4 rings (SSSR count). The Hall–Kier alpha value is -3.61. The van der Waals surface area contributed by atoms with E-state index in [1.165, 1.54) is 16.7 Å². The molecule has 0 unspecified atom stereocenters. The van der Waals surface area contributed by atoms with Crippen LogP contribution in [-0.4, -0.2) is 15.3 Å². The van der Waals surface area contributed by atoms with Crippen LogP contribution in [0.5, 0.6) is 0 Å². The molecule has 0 aromatic heterocycles. The lowest BCUT2D eigenvalue weighted by Crippen LogP contribution is -1.84. The standard InChI is InChI=1S/C32H26SSi/c1-34-25-24-33-32-22-20-31(21-23-32)19-18-30-16-14-29(15-17-30)13-12-28-10-8-27(9-11-28)7-6-26-4-2-3-5-26/h2-4,8-11,14-17,20-23H,5,24-25,34H2,1H3. The first-order valence-electron chi connectivity index (χ1n) is 11.6. The van der Waals surface area contributed by atoms with Crippen molar-refractivity contribution in [3.05, 3.63) is 124 Å². The van der Waals surface area contributed by atoms with E-state index >= 15 is 0 Å². The molecule has 0 nitrogen and oxygen atoms in total. The van der Waals surface area contributed by atoms with Crippen LogP contribution in [0.2, 0.25) is 12.6 Å². The van der Waals surface area contributed by atoms with E-state index in [-0.39, 0.29) is 9.52 Å². The Morgan fingerprint density at radius 3 is 1.50 bits per heavy atom. The second kappa shape index (κ2) is 12.6. The minimum atomic E-state index is 0.167. The van der Waals surface area contributed by atoms with Crippen molar-refractivity contribution in [1.82, 2.24) is 0 Å². The van der Waals surface area contributed by atoms with Gasteiger partial charge in [-0.2, -0.15) is 0 Å². The second-order valence-electron chi connectivity index (χ2n) is 7.96. The maximum Gasteiger partial charge on any atom is 0.0249 e. The molecule has 3 aromatic rings. The lowest BCUT2D eigenvalue weighted by molar-refractivity contribution is 1.36. The number of benzene rings is 3. The highest BCUT2D eigenvalue weighted by molar-refractivity contribution is 7.99. The molecule has 0 amide bonds. The van der Waals surface area contributed by atoms with E-state index in [2.05, 4.69) is 84.6 Å². The molecule has 0 saturated heterocycles. The first-order valence-corrected chi connectivity index (χ1v) is 15.0. The molecule has 0 heterocycles. The highest BCUT2D eigenvalue weighted by Gasteiger charge is 1.96. The average molecular weight is 471 g/mol. The van der Waals surface area contributed by atoms with E-state index in [1.807, 2.05) is 60.3 Å². The smallest absolute Gasteiger partial charge is 0.0249 e. The van der Waals surface area contributed by atoms with Crippen LogP contribution in [0.3, 0.4) is 0 Å². The lowest BCUT2D eigenvalue weighted by atomic mass is 10.1. The highest BCUT2D eigenvalue weighted by atomic mass is 32.2. The molecule has 1 aliphatic rings. The number of allylic oxidation sites excluding steroid dienone is 4. The maximum atomic E-state index is 3.26. The number of rotatable bonds is 4. The molecular weight excluding hydrogens is 445 g/mol. The van der Waals surface area contributed by atoms with Crippen molar-refractivity contribution in [3.63, 3.8) is 0 Å². The molecule has 0 bridgehead atoms. The van der Waals surface area contributed by atoms with E-state index < -0.39 is 0 Å². The van der Waals surface area contributed by atoms with Crippen LogP contribution in [0.15, 0.2) is 101 Å². The third-order valence-corrected chi connectivity index (χ3v) is 7.90. The zero-order valence-electron chi connectivity index (χ0n) is 19.4. The molecule has 0 saturated carbocycles. The third-order valence-electron chi connectivity index (χ3n) is 5.23. The zero-order valence-corrected chi connectivity index (χ0v) is 21.6. The van der Waals surface area contributed by atoms with Crippen molar-refractivity contribution < 1.29 is 0 Å². The van der Waals surface area contributed by atoms with Gasteiger partial charge in [-0.1, -0.05) is 66.3 Å². The molecule has 164 valence electrons. The Kier molecular flexibility index (Phi) is 8.71. The van der Waals surface area contributed by atoms with Crippen LogP contribution in [0.1, 0.15) is 34.2 Å². The van der Waals surface area contributed by atoms with E-state index in [1.54, 1.807) is 0 Å². The molecule has 0 radical (unpaired) electrons. The van der Waals surface area contributed by atoms with Crippen LogP contribution in [0.25, 0.3) is 0 Å². The fourth-order valence-electron chi connectivity index (χ4n) is 3.22. The molecular formula is C32H26SSi. The Labute approximate surface area is 210 Å². The molecule has 1 aliphatic carbocycles. The summed E-state index contributed by atoms with van der Waals surface area (Å²) in [7, 11) is 0.167. The Morgan fingerprint density at radius 1 is 0.647 bits per heavy atom. The molecule has 0 spiro atoms. The fourth-order valence-corrected chi connectivity index (χ4v) is 5.52. The van der Waals surface area contributed by atoms with Gasteiger partial charge in [0, 0.05) is 47.8 Å². The van der Waals surface area contributed by atoms with Gasteiger partial charge in [0.05, 0.1) is 0 Å². The summed E-state index contributed by atoms with van der Waals surface area (Å²) in [5.74, 6) is 20.6. The van der Waals surface area contributed by atoms with E-state index in [4.69, 9.17) is 0 Å². The van der Waals surface area contributed by atoms with Crippen molar-refractivity contribution in [3.8, 4) is 35.5 Å². The summed E-state index contributed by atoms with van der Waals surface area (Å²) in [5, 5.41) is 0. The summed E-state index contributed by atoms with van der Waals surface area (Å²) in [4.78, 5) is 1.33. The molecule has 0 aliphatic heterocycles. The summed E-state index contributed by atoms with van der Waals surface area (Å²) >= 11 is 1.94. The normalized spacial score (nSPS) is 11.7. The van der Waals surface area contributed by atoms with Gasteiger partial charge in [-0.15, -0.1) is 11.8 Å². The molecule has 0 fully saturated rings. The Balaban J connectivity index is 1.33. The zero-order chi connectivity index (χ0) is 23.4. The SMILES string of the molecule is C[SiH2]CCSc1ccc(C#Cc2ccc(C#Cc3ccc(C#CC4=CC=CC4)cc3)cc2)cc1. The van der Waals surface area contributed by atoms with Gasteiger partial charge in [0.25, 0.3) is 0 Å². The van der Waals surface area contributed by atoms with Gasteiger partial charge in [-0.05, 0) is 85.0 Å². The van der Waals surface area contributed by atoms with Crippen molar-refractivity contribution in [2.75, 3.05) is 5.75 Å². The Morgan fingerprint density at radius 2 is 1.09 bits per heavy atom. The molecule has 0 N–H and O–H groups in total. The van der Waals surface area contributed by atoms with E-state index in [0.29, 0.717) is 0 Å². The molecule has 34 heavy (non-hydrogen) atoms. The predicted molar refractivity (Wildman–Crippen MR) is 150 cm³/mol. The van der Waals surface area contributed by atoms with Gasteiger partial charge in [-0.3, -0.25) is 0 Å². The number of hydrogen-bond acceptors (Lipinski definition) is 1.